The van der Waals surface area contributed by atoms with Crippen LogP contribution in [0.3, 0.4) is 0 Å². The van der Waals surface area contributed by atoms with E-state index in [9.17, 15) is 0 Å². The Morgan fingerprint density at radius 3 is 3.06 bits per heavy atom. The van der Waals surface area contributed by atoms with E-state index in [-0.39, 0.29) is 0 Å². The van der Waals surface area contributed by atoms with Gasteiger partial charge in [-0.1, -0.05) is 13.3 Å². The molecule has 2 heterocycles. The highest BCUT2D eigenvalue weighted by Gasteiger charge is 2.22. The van der Waals surface area contributed by atoms with Crippen molar-refractivity contribution in [2.75, 3.05) is 29.9 Å². The van der Waals surface area contributed by atoms with Crippen LogP contribution in [0.1, 0.15) is 33.1 Å². The molecule has 1 N–H and O–H groups in total. The highest BCUT2D eigenvalue weighted by molar-refractivity contribution is 5.48. The molecule has 1 unspecified atom stereocenters. The summed E-state index contributed by atoms with van der Waals surface area (Å²) in [6, 6.07) is 2.05. The summed E-state index contributed by atoms with van der Waals surface area (Å²) in [5.74, 6) is 2.84. The van der Waals surface area contributed by atoms with E-state index in [1.807, 2.05) is 0 Å². The Kier molecular flexibility index (Phi) is 4.18. The molecule has 17 heavy (non-hydrogen) atoms. The van der Waals surface area contributed by atoms with Crippen LogP contribution in [0.2, 0.25) is 0 Å². The molecule has 94 valence electrons. The molecule has 0 radical (unpaired) electrons. The van der Waals surface area contributed by atoms with Crippen LogP contribution in [0.5, 0.6) is 0 Å². The van der Waals surface area contributed by atoms with Crippen LogP contribution in [-0.4, -0.2) is 29.6 Å². The zero-order chi connectivity index (χ0) is 12.1. The summed E-state index contributed by atoms with van der Waals surface area (Å²) in [6.07, 6.45) is 5.57. The van der Waals surface area contributed by atoms with Crippen molar-refractivity contribution in [1.82, 2.24) is 9.97 Å². The minimum Gasteiger partial charge on any atom is -0.370 e. The first kappa shape index (κ1) is 12.1. The quantitative estimate of drug-likeness (QED) is 0.850. The van der Waals surface area contributed by atoms with E-state index in [0.29, 0.717) is 0 Å². The van der Waals surface area contributed by atoms with Gasteiger partial charge in [-0.25, -0.2) is 9.97 Å². The molecule has 1 fully saturated rings. The molecule has 4 nitrogen and oxygen atoms in total. The van der Waals surface area contributed by atoms with Gasteiger partial charge in [0.05, 0.1) is 0 Å². The highest BCUT2D eigenvalue weighted by atomic mass is 15.2. The number of anilines is 2. The monoisotopic (exact) mass is 234 g/mol. The van der Waals surface area contributed by atoms with E-state index in [0.717, 1.165) is 37.2 Å². The first-order valence-electron chi connectivity index (χ1n) is 6.64. The molecular formula is C13H22N4. The van der Waals surface area contributed by atoms with Crippen molar-refractivity contribution in [3.05, 3.63) is 12.4 Å². The van der Waals surface area contributed by atoms with Gasteiger partial charge >= 0.3 is 0 Å². The molecule has 1 aliphatic rings. The van der Waals surface area contributed by atoms with Gasteiger partial charge in [0.2, 0.25) is 0 Å². The van der Waals surface area contributed by atoms with E-state index < -0.39 is 0 Å². The Labute approximate surface area is 103 Å². The molecule has 0 aliphatic carbocycles. The summed E-state index contributed by atoms with van der Waals surface area (Å²) < 4.78 is 0. The largest absolute Gasteiger partial charge is 0.370 e. The minimum absolute atomic E-state index is 0.845. The molecule has 2 rings (SSSR count). The van der Waals surface area contributed by atoms with Gasteiger partial charge in [-0.3, -0.25) is 0 Å². The van der Waals surface area contributed by atoms with Crippen LogP contribution in [-0.2, 0) is 0 Å². The SMILES string of the molecule is CCCC1CCN(c2cc(NCC)ncn2)C1. The molecule has 0 amide bonds. The van der Waals surface area contributed by atoms with Crippen LogP contribution in [0.25, 0.3) is 0 Å². The van der Waals surface area contributed by atoms with E-state index in [1.165, 1.54) is 19.3 Å². The average molecular weight is 234 g/mol. The molecular weight excluding hydrogens is 212 g/mol. The van der Waals surface area contributed by atoms with Crippen molar-refractivity contribution in [2.45, 2.75) is 33.1 Å². The normalized spacial score (nSPS) is 19.6. The van der Waals surface area contributed by atoms with Gasteiger partial charge in [-0.15, -0.1) is 0 Å². The van der Waals surface area contributed by atoms with Crippen LogP contribution in [0.15, 0.2) is 12.4 Å². The lowest BCUT2D eigenvalue weighted by Crippen LogP contribution is -2.21. The van der Waals surface area contributed by atoms with Crippen LogP contribution in [0, 0.1) is 5.92 Å². The zero-order valence-corrected chi connectivity index (χ0v) is 10.8. The average Bonchev–Trinajstić information content (AvgIpc) is 2.79. The highest BCUT2D eigenvalue weighted by Crippen LogP contribution is 2.25. The maximum atomic E-state index is 4.37. The molecule has 0 spiro atoms. The van der Waals surface area contributed by atoms with E-state index >= 15 is 0 Å². The lowest BCUT2D eigenvalue weighted by atomic mass is 10.0. The van der Waals surface area contributed by atoms with Gasteiger partial charge in [-0.2, -0.15) is 0 Å². The number of hydrogen-bond donors (Lipinski definition) is 1. The van der Waals surface area contributed by atoms with E-state index in [2.05, 4.69) is 40.1 Å². The summed E-state index contributed by atoms with van der Waals surface area (Å²) in [7, 11) is 0. The Morgan fingerprint density at radius 1 is 1.41 bits per heavy atom. The van der Waals surface area contributed by atoms with Gasteiger partial charge in [0.15, 0.2) is 0 Å². The summed E-state index contributed by atoms with van der Waals surface area (Å²) in [6.45, 7) is 7.52. The number of nitrogens with one attached hydrogen (secondary N) is 1. The Morgan fingerprint density at radius 2 is 2.29 bits per heavy atom. The Hall–Kier alpha value is -1.32. The molecule has 0 saturated carbocycles. The minimum atomic E-state index is 0.845. The molecule has 1 aromatic heterocycles. The molecule has 1 saturated heterocycles. The lowest BCUT2D eigenvalue weighted by Gasteiger charge is -2.17. The molecule has 1 aromatic rings. The molecule has 1 atom stereocenters. The summed E-state index contributed by atoms with van der Waals surface area (Å²) >= 11 is 0. The summed E-state index contributed by atoms with van der Waals surface area (Å²) in [5.41, 5.74) is 0. The maximum Gasteiger partial charge on any atom is 0.134 e. The van der Waals surface area contributed by atoms with Crippen molar-refractivity contribution in [3.63, 3.8) is 0 Å². The van der Waals surface area contributed by atoms with E-state index in [1.54, 1.807) is 6.33 Å². The van der Waals surface area contributed by atoms with Crippen molar-refractivity contribution in [2.24, 2.45) is 5.92 Å². The molecule has 4 heteroatoms. The van der Waals surface area contributed by atoms with Gasteiger partial charge in [0.1, 0.15) is 18.0 Å². The third-order valence-corrected chi connectivity index (χ3v) is 3.32. The zero-order valence-electron chi connectivity index (χ0n) is 10.8. The fraction of sp³-hybridized carbons (Fsp3) is 0.692. The van der Waals surface area contributed by atoms with Gasteiger partial charge < -0.3 is 10.2 Å². The number of aromatic nitrogens is 2. The predicted molar refractivity (Wildman–Crippen MR) is 71.4 cm³/mol. The van der Waals surface area contributed by atoms with Crippen LogP contribution >= 0.6 is 0 Å². The lowest BCUT2D eigenvalue weighted by molar-refractivity contribution is 0.529. The van der Waals surface area contributed by atoms with Crippen molar-refractivity contribution in [1.29, 1.82) is 0 Å². The maximum absolute atomic E-state index is 4.37. The number of nitrogens with zero attached hydrogens (tertiary/aromatic N) is 3. The standard InChI is InChI=1S/C13H22N4/c1-3-5-11-6-7-17(9-11)13-8-12(14-4-2)15-10-16-13/h8,10-11H,3-7,9H2,1-2H3,(H,14,15,16). The molecule has 0 aromatic carbocycles. The van der Waals surface area contributed by atoms with Gasteiger partial charge in [0, 0.05) is 25.7 Å². The van der Waals surface area contributed by atoms with Crippen molar-refractivity contribution in [3.8, 4) is 0 Å². The summed E-state index contributed by atoms with van der Waals surface area (Å²) in [4.78, 5) is 11.0. The van der Waals surface area contributed by atoms with Crippen LogP contribution in [0.4, 0.5) is 11.6 Å². The molecule has 1 aliphatic heterocycles. The van der Waals surface area contributed by atoms with Crippen molar-refractivity contribution >= 4 is 11.6 Å². The van der Waals surface area contributed by atoms with Crippen molar-refractivity contribution < 1.29 is 0 Å². The smallest absolute Gasteiger partial charge is 0.134 e. The van der Waals surface area contributed by atoms with E-state index in [4.69, 9.17) is 0 Å². The molecule has 0 bridgehead atoms. The first-order chi connectivity index (χ1) is 8.33. The number of hydrogen-bond acceptors (Lipinski definition) is 4. The second-order valence-corrected chi connectivity index (χ2v) is 4.68. The third-order valence-electron chi connectivity index (χ3n) is 3.32. The Bertz CT molecular complexity index is 353. The fourth-order valence-electron chi connectivity index (χ4n) is 2.48. The topological polar surface area (TPSA) is 41.0 Å². The second kappa shape index (κ2) is 5.84. The fourth-order valence-corrected chi connectivity index (χ4v) is 2.48. The first-order valence-corrected chi connectivity index (χ1v) is 6.64. The van der Waals surface area contributed by atoms with Gasteiger partial charge in [-0.05, 0) is 25.7 Å². The predicted octanol–water partition coefficient (Wildman–Crippen LogP) is 2.53. The van der Waals surface area contributed by atoms with Gasteiger partial charge in [0.25, 0.3) is 0 Å². The third kappa shape index (κ3) is 3.08. The second-order valence-electron chi connectivity index (χ2n) is 4.68. The summed E-state index contributed by atoms with van der Waals surface area (Å²) in [5, 5.41) is 3.23. The number of rotatable bonds is 5. The Balaban J connectivity index is 2.00. The van der Waals surface area contributed by atoms with Crippen LogP contribution < -0.4 is 10.2 Å².